The van der Waals surface area contributed by atoms with E-state index < -0.39 is 0 Å². The van der Waals surface area contributed by atoms with Crippen molar-refractivity contribution in [1.29, 1.82) is 0 Å². The maximum absolute atomic E-state index is 12.7. The predicted octanol–water partition coefficient (Wildman–Crippen LogP) is 2.39. The lowest BCUT2D eigenvalue weighted by molar-refractivity contribution is -0.116. The number of amides is 1. The summed E-state index contributed by atoms with van der Waals surface area (Å²) >= 11 is 3.10. The zero-order valence-electron chi connectivity index (χ0n) is 9.77. The van der Waals surface area contributed by atoms with Crippen molar-refractivity contribution in [3.8, 4) is 0 Å². The van der Waals surface area contributed by atoms with E-state index in [4.69, 9.17) is 0 Å². The molecule has 1 N–H and O–H groups in total. The summed E-state index contributed by atoms with van der Waals surface area (Å²) in [6, 6.07) is 8.68. The van der Waals surface area contributed by atoms with Gasteiger partial charge in [-0.2, -0.15) is 0 Å². The molecule has 0 radical (unpaired) electrons. The highest BCUT2D eigenvalue weighted by Gasteiger charge is 2.06. The lowest BCUT2D eigenvalue weighted by Crippen LogP contribution is -2.27. The van der Waals surface area contributed by atoms with Crippen LogP contribution in [0.3, 0.4) is 0 Å². The first kappa shape index (κ1) is 13.5. The Labute approximate surface area is 117 Å². The van der Waals surface area contributed by atoms with Crippen LogP contribution in [0.2, 0.25) is 0 Å². The van der Waals surface area contributed by atoms with E-state index in [-0.39, 0.29) is 23.8 Å². The maximum Gasteiger partial charge on any atom is 0.265 e. The average molecular weight is 325 g/mol. The lowest BCUT2D eigenvalue weighted by atomic mass is 10.3. The Kier molecular flexibility index (Phi) is 4.11. The van der Waals surface area contributed by atoms with E-state index in [1.54, 1.807) is 12.1 Å². The number of benzene rings is 1. The summed E-state index contributed by atoms with van der Waals surface area (Å²) in [5, 5.41) is 2.58. The lowest BCUT2D eigenvalue weighted by Gasteiger charge is -2.07. The number of rotatable bonds is 3. The van der Waals surface area contributed by atoms with Crippen LogP contribution in [0.15, 0.2) is 51.9 Å². The number of halogens is 2. The third-order valence-electron chi connectivity index (χ3n) is 2.42. The van der Waals surface area contributed by atoms with Crippen molar-refractivity contribution in [2.75, 3.05) is 5.32 Å². The van der Waals surface area contributed by atoms with Crippen LogP contribution < -0.4 is 10.9 Å². The Morgan fingerprint density at radius 1 is 1.26 bits per heavy atom. The molecule has 2 rings (SSSR count). The van der Waals surface area contributed by atoms with E-state index in [1.165, 1.54) is 35.0 Å². The van der Waals surface area contributed by atoms with Gasteiger partial charge in [-0.3, -0.25) is 9.59 Å². The van der Waals surface area contributed by atoms with Gasteiger partial charge in [0.15, 0.2) is 0 Å². The van der Waals surface area contributed by atoms with Crippen LogP contribution in [0.25, 0.3) is 0 Å². The molecule has 0 saturated heterocycles. The standard InChI is InChI=1S/C13H10BrFN2O2/c14-11-2-1-7-17(13(11)19)8-12(18)16-10-5-3-9(15)4-6-10/h1-7H,8H2,(H,16,18). The van der Waals surface area contributed by atoms with Crippen LogP contribution in [-0.4, -0.2) is 10.5 Å². The summed E-state index contributed by atoms with van der Waals surface area (Å²) in [7, 11) is 0. The first-order valence-corrected chi connectivity index (χ1v) is 6.26. The summed E-state index contributed by atoms with van der Waals surface area (Å²) in [4.78, 5) is 23.4. The topological polar surface area (TPSA) is 51.1 Å². The zero-order valence-corrected chi connectivity index (χ0v) is 11.4. The Balaban J connectivity index is 2.07. The second-order valence-corrected chi connectivity index (χ2v) is 4.70. The SMILES string of the molecule is O=C(Cn1cccc(Br)c1=O)Nc1ccc(F)cc1. The van der Waals surface area contributed by atoms with E-state index in [2.05, 4.69) is 21.2 Å². The van der Waals surface area contributed by atoms with Gasteiger partial charge in [-0.05, 0) is 52.3 Å². The van der Waals surface area contributed by atoms with Crippen LogP contribution in [0, 0.1) is 5.82 Å². The molecule has 2 aromatic rings. The molecule has 0 atom stereocenters. The van der Waals surface area contributed by atoms with Crippen molar-refractivity contribution in [1.82, 2.24) is 4.57 Å². The number of nitrogens with one attached hydrogen (secondary N) is 1. The molecule has 0 bridgehead atoms. The number of hydrogen-bond donors (Lipinski definition) is 1. The summed E-state index contributed by atoms with van der Waals surface area (Å²) < 4.78 is 14.4. The highest BCUT2D eigenvalue weighted by molar-refractivity contribution is 9.10. The summed E-state index contributed by atoms with van der Waals surface area (Å²) in [5.74, 6) is -0.729. The van der Waals surface area contributed by atoms with Gasteiger partial charge < -0.3 is 9.88 Å². The third kappa shape index (κ3) is 3.51. The maximum atomic E-state index is 12.7. The van der Waals surface area contributed by atoms with Gasteiger partial charge in [0.2, 0.25) is 5.91 Å². The van der Waals surface area contributed by atoms with Crippen molar-refractivity contribution in [3.05, 3.63) is 63.2 Å². The largest absolute Gasteiger partial charge is 0.325 e. The summed E-state index contributed by atoms with van der Waals surface area (Å²) in [5.41, 5.74) is 0.200. The Morgan fingerprint density at radius 2 is 1.95 bits per heavy atom. The van der Waals surface area contributed by atoms with Gasteiger partial charge in [-0.15, -0.1) is 0 Å². The van der Waals surface area contributed by atoms with Crippen molar-refractivity contribution in [3.63, 3.8) is 0 Å². The van der Waals surface area contributed by atoms with Gasteiger partial charge in [0.05, 0.1) is 4.47 Å². The molecule has 0 unspecified atom stereocenters. The molecular weight excluding hydrogens is 315 g/mol. The highest BCUT2D eigenvalue weighted by Crippen LogP contribution is 2.08. The fourth-order valence-corrected chi connectivity index (χ4v) is 1.90. The molecule has 0 aliphatic rings. The number of nitrogens with zero attached hydrogens (tertiary/aromatic N) is 1. The molecule has 98 valence electrons. The molecule has 1 heterocycles. The number of pyridine rings is 1. The van der Waals surface area contributed by atoms with Gasteiger partial charge in [-0.1, -0.05) is 0 Å². The van der Waals surface area contributed by atoms with Crippen LogP contribution in [-0.2, 0) is 11.3 Å². The Bertz CT molecular complexity index is 652. The van der Waals surface area contributed by atoms with Crippen LogP contribution in [0.5, 0.6) is 0 Å². The minimum absolute atomic E-state index is 0.102. The summed E-state index contributed by atoms with van der Waals surface area (Å²) in [6.45, 7) is -0.102. The molecule has 19 heavy (non-hydrogen) atoms. The smallest absolute Gasteiger partial charge is 0.265 e. The molecule has 1 aromatic carbocycles. The first-order chi connectivity index (χ1) is 9.06. The Hall–Kier alpha value is -1.95. The Morgan fingerprint density at radius 3 is 2.63 bits per heavy atom. The number of aromatic nitrogens is 1. The number of anilines is 1. The second-order valence-electron chi connectivity index (χ2n) is 3.84. The van der Waals surface area contributed by atoms with E-state index in [0.29, 0.717) is 10.2 Å². The van der Waals surface area contributed by atoms with Crippen LogP contribution in [0.1, 0.15) is 0 Å². The van der Waals surface area contributed by atoms with Gasteiger partial charge in [0.1, 0.15) is 12.4 Å². The first-order valence-electron chi connectivity index (χ1n) is 5.46. The number of carbonyl (C=O) groups excluding carboxylic acids is 1. The quantitative estimate of drug-likeness (QED) is 0.942. The zero-order chi connectivity index (χ0) is 13.8. The monoisotopic (exact) mass is 324 g/mol. The van der Waals surface area contributed by atoms with E-state index >= 15 is 0 Å². The average Bonchev–Trinajstić information content (AvgIpc) is 2.38. The minimum Gasteiger partial charge on any atom is -0.325 e. The molecular formula is C13H10BrFN2O2. The van der Waals surface area contributed by atoms with E-state index in [9.17, 15) is 14.0 Å². The van der Waals surface area contributed by atoms with Crippen molar-refractivity contribution < 1.29 is 9.18 Å². The highest BCUT2D eigenvalue weighted by atomic mass is 79.9. The van der Waals surface area contributed by atoms with Crippen molar-refractivity contribution >= 4 is 27.5 Å². The normalized spacial score (nSPS) is 10.2. The number of carbonyl (C=O) groups is 1. The molecule has 1 aromatic heterocycles. The van der Waals surface area contributed by atoms with Gasteiger partial charge >= 0.3 is 0 Å². The molecule has 4 nitrogen and oxygen atoms in total. The number of hydrogen-bond acceptors (Lipinski definition) is 2. The minimum atomic E-state index is -0.374. The molecule has 6 heteroatoms. The van der Waals surface area contributed by atoms with Gasteiger partial charge in [0, 0.05) is 11.9 Å². The molecule has 1 amide bonds. The van der Waals surface area contributed by atoms with Crippen molar-refractivity contribution in [2.24, 2.45) is 0 Å². The van der Waals surface area contributed by atoms with Gasteiger partial charge in [0.25, 0.3) is 5.56 Å². The molecule has 0 aliphatic carbocycles. The van der Waals surface area contributed by atoms with E-state index in [0.717, 1.165) is 0 Å². The van der Waals surface area contributed by atoms with Crippen molar-refractivity contribution in [2.45, 2.75) is 6.54 Å². The van der Waals surface area contributed by atoms with E-state index in [1.807, 2.05) is 0 Å². The molecule has 0 aliphatic heterocycles. The third-order valence-corrected chi connectivity index (χ3v) is 3.02. The van der Waals surface area contributed by atoms with Crippen LogP contribution >= 0.6 is 15.9 Å². The van der Waals surface area contributed by atoms with Gasteiger partial charge in [-0.25, -0.2) is 4.39 Å². The fraction of sp³-hybridized carbons (Fsp3) is 0.0769. The summed E-state index contributed by atoms with van der Waals surface area (Å²) in [6.07, 6.45) is 1.53. The van der Waals surface area contributed by atoms with Crippen LogP contribution in [0.4, 0.5) is 10.1 Å². The fourth-order valence-electron chi connectivity index (χ4n) is 1.52. The second kappa shape index (κ2) is 5.79. The predicted molar refractivity (Wildman–Crippen MR) is 73.4 cm³/mol. The molecule has 0 saturated carbocycles. The molecule has 0 spiro atoms. The molecule has 0 fully saturated rings.